The van der Waals surface area contributed by atoms with Crippen LogP contribution in [0.25, 0.3) is 11.0 Å². The predicted octanol–water partition coefficient (Wildman–Crippen LogP) is 1.26. The average molecular weight is 1770 g/mol. The lowest BCUT2D eigenvalue weighted by atomic mass is 9.89. The van der Waals surface area contributed by atoms with Crippen LogP contribution in [-0.4, -0.2) is 313 Å². The van der Waals surface area contributed by atoms with Crippen LogP contribution in [0.2, 0.25) is 0 Å². The van der Waals surface area contributed by atoms with Crippen molar-refractivity contribution < 1.29 is 120 Å². The van der Waals surface area contributed by atoms with E-state index in [-0.39, 0.29) is 93.5 Å². The van der Waals surface area contributed by atoms with Crippen molar-refractivity contribution in [3.63, 3.8) is 0 Å². The Bertz CT molecular complexity index is 4260. The van der Waals surface area contributed by atoms with Crippen LogP contribution in [0.15, 0.2) is 72.9 Å². The monoisotopic (exact) mass is 1770 g/mol. The number of aryl methyl sites for hydroxylation is 1. The molecule has 6 rings (SSSR count). The number of anilines is 1. The molecule has 124 heavy (non-hydrogen) atoms. The molecule has 2 fully saturated rings. The summed E-state index contributed by atoms with van der Waals surface area (Å²) in [7, 11) is 4.76. The van der Waals surface area contributed by atoms with E-state index in [4.69, 9.17) is 33.2 Å². The summed E-state index contributed by atoms with van der Waals surface area (Å²) >= 11 is 0. The van der Waals surface area contributed by atoms with Crippen molar-refractivity contribution in [2.24, 2.45) is 29.6 Å². The molecule has 0 saturated carbocycles. The summed E-state index contributed by atoms with van der Waals surface area (Å²) in [5.41, 5.74) is 5.20. The van der Waals surface area contributed by atoms with Gasteiger partial charge in [0.15, 0.2) is 0 Å². The van der Waals surface area contributed by atoms with Crippen molar-refractivity contribution in [1.29, 1.82) is 0 Å². The highest BCUT2D eigenvalue weighted by Crippen LogP contribution is 2.34. The lowest BCUT2D eigenvalue weighted by molar-refractivity contribution is -0.277. The van der Waals surface area contributed by atoms with Crippen LogP contribution >= 0.6 is 0 Å². The van der Waals surface area contributed by atoms with Crippen molar-refractivity contribution >= 4 is 86.1 Å². The van der Waals surface area contributed by atoms with Crippen molar-refractivity contribution in [2.75, 3.05) is 99.6 Å². The highest BCUT2D eigenvalue weighted by atomic mass is 32.2. The molecule has 2 aliphatic rings. The number of aliphatic hydroxyl groups excluding tert-OH is 5. The van der Waals surface area contributed by atoms with E-state index >= 15 is 0 Å². The SMILES string of the molecule is CC[C@H](C)[C@@H]([C@@H](CC(=O)N1CCC[C@H]1[C@H](OC)[C@@H](C)C(=O)N[C@H](C)[C@@H](O)c1ccccc1)OC)N(C)C(=O)[C@@H](NC(=O)[C@H](C(C)C)N(C)C(=O)OCc1ccc(NC(=O)[C@H](C)NC(=O)[C@@H](NC(=O)CCOCCOCCNC(=O)[C@H](CS(=O)(=O)O)NC(=O)CCn2c(CN(C)NC)cc3cccnc32)C(C)C)c(O[C@@H]2O[C@H](CO)[C@@H](O)[C@H](O)[C@H]2O)c1)C(C)C. The maximum atomic E-state index is 15.0. The van der Waals surface area contributed by atoms with Gasteiger partial charge in [-0.3, -0.25) is 58.0 Å². The first kappa shape index (κ1) is 104. The summed E-state index contributed by atoms with van der Waals surface area (Å²) in [4.78, 5) is 148. The molecule has 39 nitrogen and oxygen atoms in total. The standard InChI is InChI=1S/C84H132N14O25S/c1-18-50(8)70(62(117-16)42-66(102)98-34-23-27-60(98)75(118-17)51(9)77(107)88-52(10)71(103)55-24-20-19-21-25-55)95(14)82(112)68(48(4)5)93-81(111)69(49(6)7)96(15)84(113)121-45-54-28-29-58(61(40-54)122-83-74(106)73(105)72(104)63(44-99)123-83)91-78(108)53(11)89-80(110)67(47(2)3)92-65(101)31-36-119-38-39-120-37-33-87-79(109)59(46-124(114,115)116)90-64(100)30-35-97-57(43-94(13)85-12)41-56-26-22-32-86-76(56)97/h19-22,24-26,28-29,32,40-41,47-53,59-60,62-63,67-75,83,85,99,103-106H,18,23,27,30-31,33-39,42-46H2,1-17H3,(H,87,109)(H,88,107)(H,89,110)(H,90,100)(H,91,108)(H,92,101)(H,93,111)(H,114,115,116)/t50-,51+,52+,53-,59-,60-,62+,63+,67-,68-,69-,70-,71+,72+,73-,74+,75+,83+/m0/s1. The Balaban J connectivity index is 1.02. The summed E-state index contributed by atoms with van der Waals surface area (Å²) in [6.45, 7) is 18.2. The summed E-state index contributed by atoms with van der Waals surface area (Å²) in [5.74, 6) is -9.45. The van der Waals surface area contributed by atoms with Crippen molar-refractivity contribution in [1.82, 2.24) is 66.6 Å². The molecule has 14 N–H and O–H groups in total. The number of ether oxygens (including phenoxy) is 7. The maximum absolute atomic E-state index is 15.0. The fourth-order valence-corrected chi connectivity index (χ4v) is 15.7. The number of fused-ring (bicyclic) bond motifs is 1. The minimum atomic E-state index is -4.72. The van der Waals surface area contributed by atoms with Crippen LogP contribution in [0.5, 0.6) is 5.75 Å². The summed E-state index contributed by atoms with van der Waals surface area (Å²) in [6.07, 6.45) is -9.47. The predicted molar refractivity (Wildman–Crippen MR) is 455 cm³/mol. The second-order valence-corrected chi connectivity index (χ2v) is 34.1. The van der Waals surface area contributed by atoms with Gasteiger partial charge in [0.25, 0.3) is 10.1 Å². The number of aliphatic hydroxyl groups is 5. The number of methoxy groups -OCH3 is 2. The normalized spacial score (nSPS) is 19.7. The number of pyridine rings is 1. The third-order valence-corrected chi connectivity index (χ3v) is 23.1. The van der Waals surface area contributed by atoms with Crippen LogP contribution < -0.4 is 47.4 Å². The number of benzene rings is 2. The first-order valence-electron chi connectivity index (χ1n) is 42.0. The molecule has 40 heteroatoms. The Morgan fingerprint density at radius 3 is 2.00 bits per heavy atom. The van der Waals surface area contributed by atoms with Gasteiger partial charge in [0.1, 0.15) is 78.4 Å². The number of likely N-dealkylation sites (N-methyl/N-ethyl adjacent to an activating group) is 2. The van der Waals surface area contributed by atoms with E-state index < -0.39 is 198 Å². The van der Waals surface area contributed by atoms with Gasteiger partial charge in [0.05, 0.1) is 94.0 Å². The van der Waals surface area contributed by atoms with Crippen molar-refractivity contribution in [2.45, 2.75) is 232 Å². The largest absolute Gasteiger partial charge is 0.460 e. The number of rotatable bonds is 50. The van der Waals surface area contributed by atoms with E-state index in [1.165, 1.54) is 51.3 Å². The summed E-state index contributed by atoms with van der Waals surface area (Å²) < 4.78 is 75.9. The van der Waals surface area contributed by atoms with Crippen LogP contribution in [0, 0.1) is 29.6 Å². The second-order valence-electron chi connectivity index (χ2n) is 32.6. The molecule has 0 radical (unpaired) electrons. The zero-order valence-electron chi connectivity index (χ0n) is 74.1. The summed E-state index contributed by atoms with van der Waals surface area (Å²) in [5, 5.41) is 74.6. The van der Waals surface area contributed by atoms with E-state index in [2.05, 4.69) is 47.6 Å². The van der Waals surface area contributed by atoms with Gasteiger partial charge >= 0.3 is 6.09 Å². The van der Waals surface area contributed by atoms with E-state index in [1.807, 2.05) is 48.7 Å². The van der Waals surface area contributed by atoms with E-state index in [9.17, 15) is 86.4 Å². The zero-order chi connectivity index (χ0) is 92.1. The van der Waals surface area contributed by atoms with Crippen LogP contribution in [-0.2, 0) is 101 Å². The Kier molecular flexibility index (Phi) is 41.5. The third-order valence-electron chi connectivity index (χ3n) is 22.4. The first-order chi connectivity index (χ1) is 58.6. The number of aromatic nitrogens is 2. The highest BCUT2D eigenvalue weighted by Gasteiger charge is 2.47. The molecule has 4 aromatic rings. The van der Waals surface area contributed by atoms with E-state index in [0.717, 1.165) is 16.0 Å². The first-order valence-corrected chi connectivity index (χ1v) is 43.6. The number of nitrogens with one attached hydrogen (secondary N) is 8. The molecule has 10 amide bonds. The third kappa shape index (κ3) is 29.8. The fraction of sp³-hybridized carbons (Fsp3) is 0.655. The molecular weight excluding hydrogens is 1640 g/mol. The van der Waals surface area contributed by atoms with Crippen LogP contribution in [0.3, 0.4) is 0 Å². The molecule has 0 spiro atoms. The van der Waals surface area contributed by atoms with Crippen molar-refractivity contribution in [3.8, 4) is 5.75 Å². The molecule has 694 valence electrons. The molecule has 0 unspecified atom stereocenters. The maximum Gasteiger partial charge on any atom is 0.410 e. The molecular formula is C84H132N14O25S. The number of amides is 10. The number of hydrogen-bond acceptors (Lipinski definition) is 27. The minimum Gasteiger partial charge on any atom is -0.460 e. The van der Waals surface area contributed by atoms with E-state index in [1.54, 1.807) is 111 Å². The van der Waals surface area contributed by atoms with Gasteiger partial charge in [-0.2, -0.15) is 8.42 Å². The van der Waals surface area contributed by atoms with Crippen LogP contribution in [0.4, 0.5) is 10.5 Å². The van der Waals surface area contributed by atoms with Gasteiger partial charge in [-0.25, -0.2) is 14.8 Å². The number of hydrogen-bond donors (Lipinski definition) is 14. The van der Waals surface area contributed by atoms with Gasteiger partial charge in [-0.05, 0) is 98.9 Å². The molecule has 2 aromatic carbocycles. The summed E-state index contributed by atoms with van der Waals surface area (Å²) in [6, 6.07) is 10.3. The van der Waals surface area contributed by atoms with Crippen molar-refractivity contribution in [3.05, 3.63) is 89.7 Å². The second kappa shape index (κ2) is 49.7. The Hall–Kier alpha value is -9.14. The molecule has 2 saturated heterocycles. The molecule has 0 bridgehead atoms. The zero-order valence-corrected chi connectivity index (χ0v) is 74.9. The number of hydrazine groups is 1. The lowest BCUT2D eigenvalue weighted by Crippen LogP contribution is -2.60. The number of likely N-dealkylation sites (tertiary alicyclic amines) is 1. The Labute approximate surface area is 725 Å². The molecule has 0 aliphatic carbocycles. The average Bonchev–Trinajstić information content (AvgIpc) is 1.49. The minimum absolute atomic E-state index is 0.00804. The molecule has 2 aliphatic heterocycles. The number of carbonyl (C=O) groups is 10. The molecule has 18 atom stereocenters. The fourth-order valence-electron chi connectivity index (χ4n) is 15.0. The number of carbonyl (C=O) groups excluding carboxylic acids is 10. The van der Waals surface area contributed by atoms with Gasteiger partial charge in [-0.15, -0.1) is 0 Å². The lowest BCUT2D eigenvalue weighted by Gasteiger charge is -2.41. The molecule has 4 heterocycles. The van der Waals surface area contributed by atoms with Gasteiger partial charge < -0.3 is 110 Å². The van der Waals surface area contributed by atoms with Gasteiger partial charge in [0, 0.05) is 85.1 Å². The van der Waals surface area contributed by atoms with Gasteiger partial charge in [-0.1, -0.05) is 105 Å². The topological polar surface area (TPSA) is 518 Å². The smallest absolute Gasteiger partial charge is 0.410 e. The highest BCUT2D eigenvalue weighted by molar-refractivity contribution is 7.85. The number of nitrogens with zero attached hydrogens (tertiary/aromatic N) is 6. The van der Waals surface area contributed by atoms with E-state index in [0.29, 0.717) is 43.6 Å². The quantitative estimate of drug-likeness (QED) is 0.0168. The Morgan fingerprint density at radius 2 is 1.38 bits per heavy atom. The van der Waals surface area contributed by atoms with Gasteiger partial charge in [0.2, 0.25) is 59.5 Å². The Morgan fingerprint density at radius 1 is 0.710 bits per heavy atom. The molecule has 2 aromatic heterocycles. The van der Waals surface area contributed by atoms with Crippen LogP contribution in [0.1, 0.15) is 138 Å².